The van der Waals surface area contributed by atoms with Gasteiger partial charge in [-0.15, -0.1) is 0 Å². The van der Waals surface area contributed by atoms with Crippen molar-refractivity contribution in [2.45, 2.75) is 19.2 Å². The molecule has 15 heavy (non-hydrogen) atoms. The molecule has 6 nitrogen and oxygen atoms in total. The van der Waals surface area contributed by atoms with Crippen LogP contribution in [-0.4, -0.2) is 28.2 Å². The Bertz CT molecular complexity index is 355. The molecule has 0 saturated carbocycles. The third-order valence-corrected chi connectivity index (χ3v) is 2.28. The van der Waals surface area contributed by atoms with Crippen LogP contribution in [0.3, 0.4) is 0 Å². The molecule has 2 rings (SSSR count). The molecule has 0 amide bonds. The largest absolute Gasteiger partial charge is 0.419 e. The Hall–Kier alpha value is -1.63. The van der Waals surface area contributed by atoms with E-state index in [0.29, 0.717) is 0 Å². The van der Waals surface area contributed by atoms with Crippen molar-refractivity contribution >= 4 is 29.0 Å². The minimum atomic E-state index is -0.789. The number of nitrogens with zero attached hydrogens (tertiary/aromatic N) is 1. The Morgan fingerprint density at radius 2 is 2.27 bits per heavy atom. The Morgan fingerprint density at radius 3 is 3.07 bits per heavy atom. The van der Waals surface area contributed by atoms with Gasteiger partial charge in [0.25, 0.3) is 6.35 Å². The molecule has 7 heteroatoms. The second-order valence-corrected chi connectivity index (χ2v) is 3.48. The number of hydrogen-bond acceptors (Lipinski definition) is 7. The van der Waals surface area contributed by atoms with Crippen molar-refractivity contribution in [3.63, 3.8) is 0 Å². The average Bonchev–Trinajstić information content (AvgIpc) is 2.61. The third kappa shape index (κ3) is 2.07. The first kappa shape index (κ1) is 9.91. The van der Waals surface area contributed by atoms with E-state index in [4.69, 9.17) is 21.8 Å². The number of carbonyl (C=O) groups excluding carboxylic acids is 2. The van der Waals surface area contributed by atoms with Crippen molar-refractivity contribution in [1.29, 1.82) is 0 Å². The predicted molar refractivity (Wildman–Crippen MR) is 51.9 cm³/mol. The summed E-state index contributed by atoms with van der Waals surface area (Å²) in [7, 11) is 0. The maximum absolute atomic E-state index is 11.3. The molecule has 1 saturated heterocycles. The van der Waals surface area contributed by atoms with E-state index >= 15 is 0 Å². The van der Waals surface area contributed by atoms with Crippen molar-refractivity contribution in [2.75, 3.05) is 0 Å². The number of hydroxylamine groups is 2. The fourth-order valence-corrected chi connectivity index (χ4v) is 1.30. The van der Waals surface area contributed by atoms with Crippen LogP contribution in [-0.2, 0) is 19.2 Å². The van der Waals surface area contributed by atoms with E-state index in [9.17, 15) is 9.59 Å². The van der Waals surface area contributed by atoms with Gasteiger partial charge in [-0.05, 0) is 0 Å². The van der Waals surface area contributed by atoms with Crippen molar-refractivity contribution in [3.8, 4) is 0 Å². The number of thiocarbonyl (C=S) groups is 1. The molecule has 0 aliphatic carbocycles. The number of fused-ring (bicyclic) bond motifs is 1. The van der Waals surface area contributed by atoms with Crippen LogP contribution in [0.15, 0.2) is 12.4 Å². The fourth-order valence-electron chi connectivity index (χ4n) is 1.16. The molecule has 0 aromatic heterocycles. The summed E-state index contributed by atoms with van der Waals surface area (Å²) in [6, 6.07) is 0. The summed E-state index contributed by atoms with van der Waals surface area (Å²) in [4.78, 5) is 27.5. The summed E-state index contributed by atoms with van der Waals surface area (Å²) in [5.41, 5.74) is 0. The van der Waals surface area contributed by atoms with Gasteiger partial charge in [0.15, 0.2) is 0 Å². The molecule has 0 spiro atoms. The summed E-state index contributed by atoms with van der Waals surface area (Å²) in [5, 5.41) is 3.81. The molecular weight excluding hydrogens is 220 g/mol. The molecule has 0 bridgehead atoms. The van der Waals surface area contributed by atoms with Crippen LogP contribution in [0.1, 0.15) is 12.8 Å². The molecule has 0 aromatic rings. The van der Waals surface area contributed by atoms with Crippen molar-refractivity contribution in [1.82, 2.24) is 10.4 Å². The van der Waals surface area contributed by atoms with Crippen molar-refractivity contribution in [3.05, 3.63) is 12.4 Å². The molecular formula is C8H8N2O4S. The highest BCUT2D eigenvalue weighted by Crippen LogP contribution is 2.12. The number of carbonyl (C=O) groups is 2. The summed E-state index contributed by atoms with van der Waals surface area (Å²) in [5.74, 6) is -1.05. The van der Waals surface area contributed by atoms with Gasteiger partial charge in [0.05, 0.1) is 12.6 Å². The summed E-state index contributed by atoms with van der Waals surface area (Å²) >= 11 is 4.79. The Kier molecular flexibility index (Phi) is 2.55. The first-order valence-corrected chi connectivity index (χ1v) is 4.73. The fraction of sp³-hybridized carbons (Fsp3) is 0.375. The lowest BCUT2D eigenvalue weighted by molar-refractivity contribution is -0.214. The van der Waals surface area contributed by atoms with Crippen LogP contribution in [0.25, 0.3) is 0 Å². The zero-order chi connectivity index (χ0) is 10.8. The number of rotatable bonds is 0. The van der Waals surface area contributed by atoms with Gasteiger partial charge in [-0.25, -0.2) is 4.79 Å². The van der Waals surface area contributed by atoms with E-state index < -0.39 is 18.3 Å². The molecule has 0 radical (unpaired) electrons. The standard InChI is InChI=1S/C8H8N2O4S/c11-6-2-1-5(15)7(12)14-10-4-3-9-8(10)13-6/h3-4,8-9H,1-2H2. The van der Waals surface area contributed by atoms with E-state index in [0.717, 1.165) is 5.06 Å². The van der Waals surface area contributed by atoms with E-state index in [-0.39, 0.29) is 17.7 Å². The lowest BCUT2D eigenvalue weighted by Crippen LogP contribution is -2.40. The maximum atomic E-state index is 11.3. The maximum Gasteiger partial charge on any atom is 0.369 e. The third-order valence-electron chi connectivity index (χ3n) is 1.91. The van der Waals surface area contributed by atoms with Gasteiger partial charge >= 0.3 is 11.9 Å². The Labute approximate surface area is 90.8 Å². The summed E-state index contributed by atoms with van der Waals surface area (Å²) < 4.78 is 4.97. The zero-order valence-electron chi connectivity index (χ0n) is 7.63. The molecule has 1 N–H and O–H groups in total. The minimum absolute atomic E-state index is 0.0833. The van der Waals surface area contributed by atoms with E-state index in [1.807, 2.05) is 0 Å². The number of ether oxygens (including phenoxy) is 1. The van der Waals surface area contributed by atoms with E-state index in [2.05, 4.69) is 5.32 Å². The highest BCUT2D eigenvalue weighted by molar-refractivity contribution is 7.82. The smallest absolute Gasteiger partial charge is 0.369 e. The highest BCUT2D eigenvalue weighted by atomic mass is 32.1. The van der Waals surface area contributed by atoms with Crippen molar-refractivity contribution < 1.29 is 19.2 Å². The van der Waals surface area contributed by atoms with Gasteiger partial charge in [0.2, 0.25) is 0 Å². The summed E-state index contributed by atoms with van der Waals surface area (Å²) in [6.45, 7) is 0. The first-order chi connectivity index (χ1) is 7.16. The molecule has 2 aliphatic heterocycles. The lowest BCUT2D eigenvalue weighted by atomic mass is 10.2. The second kappa shape index (κ2) is 3.85. The van der Waals surface area contributed by atoms with Crippen LogP contribution in [0.4, 0.5) is 0 Å². The van der Waals surface area contributed by atoms with Crippen molar-refractivity contribution in [2.24, 2.45) is 0 Å². The lowest BCUT2D eigenvalue weighted by Gasteiger charge is -2.21. The van der Waals surface area contributed by atoms with Gasteiger partial charge in [-0.2, -0.15) is 5.06 Å². The highest BCUT2D eigenvalue weighted by Gasteiger charge is 2.29. The number of nitrogens with one attached hydrogen (secondary N) is 1. The molecule has 1 atom stereocenters. The molecule has 0 aromatic carbocycles. The molecule has 80 valence electrons. The number of esters is 1. The van der Waals surface area contributed by atoms with Crippen LogP contribution in [0, 0.1) is 0 Å². The average molecular weight is 228 g/mol. The summed E-state index contributed by atoms with van der Waals surface area (Å²) in [6.07, 6.45) is 2.43. The minimum Gasteiger partial charge on any atom is -0.419 e. The second-order valence-electron chi connectivity index (χ2n) is 2.99. The predicted octanol–water partition coefficient (Wildman–Crippen LogP) is -0.189. The quantitative estimate of drug-likeness (QED) is 0.455. The molecule has 2 aliphatic rings. The van der Waals surface area contributed by atoms with E-state index in [1.165, 1.54) is 12.4 Å². The molecule has 1 fully saturated rings. The van der Waals surface area contributed by atoms with Gasteiger partial charge in [-0.3, -0.25) is 4.79 Å². The Morgan fingerprint density at radius 1 is 1.47 bits per heavy atom. The van der Waals surface area contributed by atoms with Crippen LogP contribution >= 0.6 is 12.2 Å². The van der Waals surface area contributed by atoms with Gasteiger partial charge in [-0.1, -0.05) is 12.2 Å². The van der Waals surface area contributed by atoms with Gasteiger partial charge in [0, 0.05) is 12.6 Å². The van der Waals surface area contributed by atoms with Gasteiger partial charge in [0.1, 0.15) is 4.86 Å². The number of hydrogen-bond donors (Lipinski definition) is 1. The Balaban J connectivity index is 2.16. The molecule has 1 unspecified atom stereocenters. The molecule has 2 heterocycles. The van der Waals surface area contributed by atoms with Crippen LogP contribution in [0.5, 0.6) is 0 Å². The van der Waals surface area contributed by atoms with E-state index in [1.54, 1.807) is 0 Å². The monoisotopic (exact) mass is 228 g/mol. The van der Waals surface area contributed by atoms with Gasteiger partial charge < -0.3 is 14.9 Å². The SMILES string of the molecule is O=C1CCC(=S)C(=O)ON2C=CNC2O1. The topological polar surface area (TPSA) is 67.9 Å². The normalized spacial score (nSPS) is 25.7. The zero-order valence-corrected chi connectivity index (χ0v) is 8.45. The van der Waals surface area contributed by atoms with Crippen LogP contribution in [0.2, 0.25) is 0 Å². The van der Waals surface area contributed by atoms with Crippen LogP contribution < -0.4 is 5.32 Å². The first-order valence-electron chi connectivity index (χ1n) is 4.32.